The molecule has 4 rings (SSSR count). The van der Waals surface area contributed by atoms with Gasteiger partial charge >= 0.3 is 12.6 Å². The first-order valence-electron chi connectivity index (χ1n) is 10.4. The number of carbonyl (C=O) groups is 2. The SMILES string of the molecule is COC(=O)c1cc(OC)c(OC(F)F)cc1NC(=O)c1nn(-c2ccc(F)c(F)c2)c2c1CCC2. The molecule has 0 fully saturated rings. The fourth-order valence-electron chi connectivity index (χ4n) is 3.92. The molecule has 1 aliphatic rings. The van der Waals surface area contributed by atoms with Gasteiger partial charge < -0.3 is 19.5 Å². The van der Waals surface area contributed by atoms with Crippen molar-refractivity contribution in [3.63, 3.8) is 0 Å². The molecule has 12 heteroatoms. The van der Waals surface area contributed by atoms with Crippen LogP contribution in [0.3, 0.4) is 0 Å². The summed E-state index contributed by atoms with van der Waals surface area (Å²) in [6.07, 6.45) is 1.77. The van der Waals surface area contributed by atoms with Gasteiger partial charge in [-0.3, -0.25) is 4.79 Å². The monoisotopic (exact) mass is 493 g/mol. The van der Waals surface area contributed by atoms with Crippen LogP contribution in [0.5, 0.6) is 11.5 Å². The summed E-state index contributed by atoms with van der Waals surface area (Å²) in [5.74, 6) is -4.28. The highest BCUT2D eigenvalue weighted by atomic mass is 19.3. The maximum atomic E-state index is 13.8. The second kappa shape index (κ2) is 9.65. The van der Waals surface area contributed by atoms with Gasteiger partial charge in [-0.05, 0) is 31.4 Å². The Balaban J connectivity index is 1.74. The quantitative estimate of drug-likeness (QED) is 0.390. The first kappa shape index (κ1) is 24.0. The molecule has 0 radical (unpaired) electrons. The van der Waals surface area contributed by atoms with Crippen molar-refractivity contribution < 1.29 is 41.4 Å². The van der Waals surface area contributed by atoms with Crippen LogP contribution in [-0.4, -0.2) is 42.5 Å². The molecule has 1 amide bonds. The number of fused-ring (bicyclic) bond motifs is 1. The standard InChI is InChI=1S/C23H19F4N3O5/c1-33-18-9-13(22(32)34-2)16(10-19(18)35-23(26)27)28-21(31)20-12-4-3-5-17(12)30(29-20)11-6-7-14(24)15(25)8-11/h6-10,23H,3-5H2,1-2H3,(H,28,31). The van der Waals surface area contributed by atoms with Crippen molar-refractivity contribution in [3.05, 3.63) is 64.5 Å². The normalized spacial score (nSPS) is 12.4. The number of hydrogen-bond donors (Lipinski definition) is 1. The van der Waals surface area contributed by atoms with Crippen molar-refractivity contribution in [2.75, 3.05) is 19.5 Å². The highest BCUT2D eigenvalue weighted by Gasteiger charge is 2.29. The van der Waals surface area contributed by atoms with Gasteiger partial charge in [0, 0.05) is 29.5 Å². The lowest BCUT2D eigenvalue weighted by Crippen LogP contribution is -2.18. The summed E-state index contributed by atoms with van der Waals surface area (Å²) in [4.78, 5) is 25.5. The van der Waals surface area contributed by atoms with E-state index in [1.165, 1.54) is 17.9 Å². The number of carbonyl (C=O) groups excluding carboxylic acids is 2. The number of ether oxygens (including phenoxy) is 3. The van der Waals surface area contributed by atoms with Gasteiger partial charge in [-0.25, -0.2) is 18.3 Å². The molecule has 0 bridgehead atoms. The molecule has 3 aromatic rings. The van der Waals surface area contributed by atoms with Crippen molar-refractivity contribution in [2.45, 2.75) is 25.9 Å². The van der Waals surface area contributed by atoms with Gasteiger partial charge in [-0.2, -0.15) is 13.9 Å². The van der Waals surface area contributed by atoms with E-state index in [1.807, 2.05) is 0 Å². The molecule has 184 valence electrons. The highest BCUT2D eigenvalue weighted by molar-refractivity contribution is 6.08. The zero-order valence-corrected chi connectivity index (χ0v) is 18.5. The van der Waals surface area contributed by atoms with Crippen LogP contribution < -0.4 is 14.8 Å². The third-order valence-corrected chi connectivity index (χ3v) is 5.47. The topological polar surface area (TPSA) is 91.7 Å². The van der Waals surface area contributed by atoms with Gasteiger partial charge in [-0.1, -0.05) is 0 Å². The maximum Gasteiger partial charge on any atom is 0.387 e. The second-order valence-corrected chi connectivity index (χ2v) is 7.51. The fraction of sp³-hybridized carbons (Fsp3) is 0.261. The number of anilines is 1. The summed E-state index contributed by atoms with van der Waals surface area (Å²) in [6, 6.07) is 5.37. The number of methoxy groups -OCH3 is 2. The summed E-state index contributed by atoms with van der Waals surface area (Å²) < 4.78 is 68.5. The molecule has 0 unspecified atom stereocenters. The van der Waals surface area contributed by atoms with Crippen LogP contribution in [-0.2, 0) is 17.6 Å². The van der Waals surface area contributed by atoms with E-state index >= 15 is 0 Å². The van der Waals surface area contributed by atoms with Crippen LogP contribution >= 0.6 is 0 Å². The number of esters is 1. The number of nitrogens with one attached hydrogen (secondary N) is 1. The molecule has 1 heterocycles. The Bertz CT molecular complexity index is 1310. The number of aromatic nitrogens is 2. The van der Waals surface area contributed by atoms with Gasteiger partial charge in [0.1, 0.15) is 0 Å². The molecular weight excluding hydrogens is 474 g/mol. The summed E-state index contributed by atoms with van der Waals surface area (Å²) in [7, 11) is 2.31. The largest absolute Gasteiger partial charge is 0.493 e. The highest BCUT2D eigenvalue weighted by Crippen LogP contribution is 2.36. The van der Waals surface area contributed by atoms with Crippen LogP contribution in [0.2, 0.25) is 0 Å². The van der Waals surface area contributed by atoms with E-state index in [-0.39, 0.29) is 28.4 Å². The van der Waals surface area contributed by atoms with Gasteiger partial charge in [0.2, 0.25) is 0 Å². The molecule has 35 heavy (non-hydrogen) atoms. The minimum absolute atomic E-state index is 0.00908. The number of benzene rings is 2. The van der Waals surface area contributed by atoms with Crippen molar-refractivity contribution in [1.29, 1.82) is 0 Å². The zero-order chi connectivity index (χ0) is 25.3. The van der Waals surface area contributed by atoms with Gasteiger partial charge in [0.25, 0.3) is 5.91 Å². The lowest BCUT2D eigenvalue weighted by Gasteiger charge is -2.15. The molecule has 0 aliphatic heterocycles. The van der Waals surface area contributed by atoms with E-state index in [9.17, 15) is 27.2 Å². The molecular formula is C23H19F4N3O5. The zero-order valence-electron chi connectivity index (χ0n) is 18.5. The Hall–Kier alpha value is -4.09. The fourth-order valence-corrected chi connectivity index (χ4v) is 3.92. The average Bonchev–Trinajstić information content (AvgIpc) is 3.43. The van der Waals surface area contributed by atoms with Crippen LogP contribution in [0, 0.1) is 11.6 Å². The first-order valence-corrected chi connectivity index (χ1v) is 10.4. The molecule has 1 aromatic heterocycles. The summed E-state index contributed by atoms with van der Waals surface area (Å²) >= 11 is 0. The summed E-state index contributed by atoms with van der Waals surface area (Å²) in [5, 5.41) is 6.78. The molecule has 2 aromatic carbocycles. The minimum atomic E-state index is -3.19. The summed E-state index contributed by atoms with van der Waals surface area (Å²) in [6.45, 7) is -3.19. The maximum absolute atomic E-state index is 13.8. The van der Waals surface area contributed by atoms with Crippen molar-refractivity contribution in [3.8, 4) is 17.2 Å². The third-order valence-electron chi connectivity index (χ3n) is 5.47. The minimum Gasteiger partial charge on any atom is -0.493 e. The Morgan fingerprint density at radius 3 is 2.49 bits per heavy atom. The van der Waals surface area contributed by atoms with Crippen LogP contribution in [0.25, 0.3) is 5.69 Å². The second-order valence-electron chi connectivity index (χ2n) is 7.51. The Morgan fingerprint density at radius 1 is 1.06 bits per heavy atom. The number of hydrogen-bond acceptors (Lipinski definition) is 6. The number of halogens is 4. The van der Waals surface area contributed by atoms with E-state index in [0.29, 0.717) is 30.5 Å². The molecule has 0 saturated heterocycles. The predicted molar refractivity (Wildman–Crippen MR) is 114 cm³/mol. The number of alkyl halides is 2. The molecule has 0 spiro atoms. The van der Waals surface area contributed by atoms with E-state index < -0.39 is 35.9 Å². The molecule has 0 atom stereocenters. The molecule has 8 nitrogen and oxygen atoms in total. The van der Waals surface area contributed by atoms with Crippen molar-refractivity contribution in [1.82, 2.24) is 9.78 Å². The summed E-state index contributed by atoms with van der Waals surface area (Å²) in [5.41, 5.74) is 1.14. The number of amides is 1. The lowest BCUT2D eigenvalue weighted by molar-refractivity contribution is -0.0511. The number of rotatable bonds is 7. The first-order chi connectivity index (χ1) is 16.7. The van der Waals surface area contributed by atoms with Crippen molar-refractivity contribution >= 4 is 17.6 Å². The lowest BCUT2D eigenvalue weighted by atomic mass is 10.1. The number of nitrogens with zero attached hydrogens (tertiary/aromatic N) is 2. The molecule has 1 aliphatic carbocycles. The average molecular weight is 493 g/mol. The smallest absolute Gasteiger partial charge is 0.387 e. The van der Waals surface area contributed by atoms with E-state index in [0.717, 1.165) is 31.4 Å². The van der Waals surface area contributed by atoms with Gasteiger partial charge in [-0.15, -0.1) is 0 Å². The van der Waals surface area contributed by atoms with Crippen LogP contribution in [0.4, 0.5) is 23.2 Å². The van der Waals surface area contributed by atoms with Gasteiger partial charge in [0.05, 0.1) is 31.2 Å². The molecule has 0 saturated carbocycles. The molecule has 1 N–H and O–H groups in total. The van der Waals surface area contributed by atoms with E-state index in [1.54, 1.807) is 0 Å². The Labute approximate surface area is 196 Å². The Kier molecular flexibility index (Phi) is 6.63. The third kappa shape index (κ3) is 4.63. The Morgan fingerprint density at radius 2 is 1.83 bits per heavy atom. The predicted octanol–water partition coefficient (Wildman–Crippen LogP) is 4.29. The van der Waals surface area contributed by atoms with Crippen LogP contribution in [0.15, 0.2) is 30.3 Å². The van der Waals surface area contributed by atoms with E-state index in [4.69, 9.17) is 9.47 Å². The van der Waals surface area contributed by atoms with Crippen molar-refractivity contribution in [2.24, 2.45) is 0 Å². The van der Waals surface area contributed by atoms with Crippen LogP contribution in [0.1, 0.15) is 38.5 Å². The van der Waals surface area contributed by atoms with Gasteiger partial charge in [0.15, 0.2) is 28.8 Å². The van der Waals surface area contributed by atoms with E-state index in [2.05, 4.69) is 15.2 Å².